The van der Waals surface area contributed by atoms with Crippen LogP contribution in [0.25, 0.3) is 0 Å². The molecule has 0 bridgehead atoms. The maximum atomic E-state index is 14.1. The molecule has 0 saturated carbocycles. The second-order valence-corrected chi connectivity index (χ2v) is 5.47. The molecule has 2 aromatic rings. The average molecular weight is 370 g/mol. The molecule has 0 heterocycles. The van der Waals surface area contributed by atoms with Gasteiger partial charge in [-0.15, -0.1) is 0 Å². The van der Waals surface area contributed by atoms with Gasteiger partial charge in [-0.1, -0.05) is 19.9 Å². The molecule has 0 aromatic heterocycles. The number of carbonyl (C=O) groups is 1. The van der Waals surface area contributed by atoms with Crippen LogP contribution in [0.5, 0.6) is 11.5 Å². The molecule has 0 aliphatic rings. The zero-order valence-electron chi connectivity index (χ0n) is 14.3. The average Bonchev–Trinajstić information content (AvgIpc) is 2.60. The fourth-order valence-electron chi connectivity index (χ4n) is 2.30. The second kappa shape index (κ2) is 8.69. The van der Waals surface area contributed by atoms with Crippen molar-refractivity contribution in [3.05, 3.63) is 58.7 Å². The number of carbonyl (C=O) groups excluding carboxylic acids is 1. The van der Waals surface area contributed by atoms with Gasteiger partial charge in [0.25, 0.3) is 6.43 Å². The number of benzene rings is 2. The molecule has 0 fully saturated rings. The van der Waals surface area contributed by atoms with Crippen LogP contribution >= 0.6 is 0 Å². The van der Waals surface area contributed by atoms with Crippen LogP contribution in [-0.2, 0) is 17.8 Å². The highest BCUT2D eigenvalue weighted by atomic mass is 19.3. The number of halogens is 4. The van der Waals surface area contributed by atoms with Gasteiger partial charge >= 0.3 is 5.97 Å². The minimum absolute atomic E-state index is 0.0684. The summed E-state index contributed by atoms with van der Waals surface area (Å²) in [5, 5.41) is 0. The van der Waals surface area contributed by atoms with Crippen molar-refractivity contribution < 1.29 is 31.8 Å². The molecule has 0 N–H and O–H groups in total. The number of hydrogen-bond donors (Lipinski definition) is 0. The predicted octanol–water partition coefficient (Wildman–Crippen LogP) is 5.36. The largest absolute Gasteiger partial charge is 0.488 e. The molecule has 0 amide bonds. The van der Waals surface area contributed by atoms with Gasteiger partial charge < -0.3 is 9.47 Å². The van der Waals surface area contributed by atoms with Gasteiger partial charge in [0, 0.05) is 12.5 Å². The van der Waals surface area contributed by atoms with Crippen LogP contribution in [0, 0.1) is 11.6 Å². The molecule has 2 rings (SSSR count). The molecule has 0 aliphatic carbocycles. The fourth-order valence-corrected chi connectivity index (χ4v) is 2.30. The number of hydrogen-bond acceptors (Lipinski definition) is 3. The zero-order valence-corrected chi connectivity index (χ0v) is 14.3. The number of ether oxygens (including phenoxy) is 2. The normalized spacial score (nSPS) is 10.9. The lowest BCUT2D eigenvalue weighted by Gasteiger charge is -2.15. The molecular weight excluding hydrogens is 352 g/mol. The van der Waals surface area contributed by atoms with E-state index in [1.165, 1.54) is 12.1 Å². The highest BCUT2D eigenvalue weighted by molar-refractivity contribution is 5.72. The van der Waals surface area contributed by atoms with E-state index in [0.717, 1.165) is 18.2 Å². The maximum absolute atomic E-state index is 14.1. The van der Waals surface area contributed by atoms with E-state index in [1.807, 2.05) is 0 Å². The van der Waals surface area contributed by atoms with Crippen LogP contribution in [0.15, 0.2) is 30.3 Å². The SMILES string of the molecule is CCC(=O)Oc1cccc(F)c1COc1cc(F)c(CC)cc1C(F)F. The van der Waals surface area contributed by atoms with Gasteiger partial charge in [-0.3, -0.25) is 4.79 Å². The first-order valence-electron chi connectivity index (χ1n) is 8.08. The Morgan fingerprint density at radius 2 is 1.81 bits per heavy atom. The molecule has 0 atom stereocenters. The van der Waals surface area contributed by atoms with Gasteiger partial charge in [0.1, 0.15) is 29.7 Å². The summed E-state index contributed by atoms with van der Waals surface area (Å²) in [7, 11) is 0. The Labute approximate surface area is 148 Å². The molecule has 3 nitrogen and oxygen atoms in total. The van der Waals surface area contributed by atoms with Gasteiger partial charge in [0.05, 0.1) is 11.1 Å². The smallest absolute Gasteiger partial charge is 0.310 e. The van der Waals surface area contributed by atoms with Crippen LogP contribution in [0.2, 0.25) is 0 Å². The quantitative estimate of drug-likeness (QED) is 0.374. The van der Waals surface area contributed by atoms with Crippen molar-refractivity contribution in [2.24, 2.45) is 0 Å². The molecule has 0 aliphatic heterocycles. The zero-order chi connectivity index (χ0) is 19.3. The van der Waals surface area contributed by atoms with Crippen LogP contribution in [-0.4, -0.2) is 5.97 Å². The minimum Gasteiger partial charge on any atom is -0.488 e. The summed E-state index contributed by atoms with van der Waals surface area (Å²) >= 11 is 0. The summed E-state index contributed by atoms with van der Waals surface area (Å²) in [5.74, 6) is -2.44. The lowest BCUT2D eigenvalue weighted by atomic mass is 10.1. The number of rotatable bonds is 7. The van der Waals surface area contributed by atoms with Gasteiger partial charge in [-0.2, -0.15) is 0 Å². The minimum atomic E-state index is -2.88. The fraction of sp³-hybridized carbons (Fsp3) is 0.316. The predicted molar refractivity (Wildman–Crippen MR) is 87.4 cm³/mol. The van der Waals surface area contributed by atoms with Crippen molar-refractivity contribution in [3.8, 4) is 11.5 Å². The molecule has 2 aromatic carbocycles. The highest BCUT2D eigenvalue weighted by Gasteiger charge is 2.20. The van der Waals surface area contributed by atoms with Gasteiger partial charge in [-0.25, -0.2) is 17.6 Å². The molecule has 0 radical (unpaired) electrons. The third kappa shape index (κ3) is 4.53. The van der Waals surface area contributed by atoms with Crippen molar-refractivity contribution in [3.63, 3.8) is 0 Å². The van der Waals surface area contributed by atoms with E-state index in [4.69, 9.17) is 9.47 Å². The summed E-state index contributed by atoms with van der Waals surface area (Å²) in [6.45, 7) is 2.72. The van der Waals surface area contributed by atoms with Crippen molar-refractivity contribution in [1.82, 2.24) is 0 Å². The summed E-state index contributed by atoms with van der Waals surface area (Å²) in [5.41, 5.74) is -0.461. The van der Waals surface area contributed by atoms with Crippen LogP contribution in [0.3, 0.4) is 0 Å². The van der Waals surface area contributed by atoms with Gasteiger partial charge in [-0.05, 0) is 30.2 Å². The lowest BCUT2D eigenvalue weighted by molar-refractivity contribution is -0.134. The van der Waals surface area contributed by atoms with E-state index in [-0.39, 0.29) is 35.5 Å². The lowest BCUT2D eigenvalue weighted by Crippen LogP contribution is -2.10. The molecule has 140 valence electrons. The van der Waals surface area contributed by atoms with Crippen LogP contribution in [0.4, 0.5) is 17.6 Å². The number of alkyl halides is 2. The monoisotopic (exact) mass is 370 g/mol. The standard InChI is InChI=1S/C19H18F4O3/c1-3-11-8-12(19(22)23)17(9-15(11)21)25-10-13-14(20)6-5-7-16(13)26-18(24)4-2/h5-9,19H,3-4,10H2,1-2H3. The van der Waals surface area contributed by atoms with E-state index in [0.29, 0.717) is 0 Å². The summed E-state index contributed by atoms with van der Waals surface area (Å²) in [4.78, 5) is 11.4. The Hall–Kier alpha value is -2.57. The molecule has 7 heteroatoms. The van der Waals surface area contributed by atoms with E-state index < -0.39 is 36.2 Å². The van der Waals surface area contributed by atoms with Crippen molar-refractivity contribution in [1.29, 1.82) is 0 Å². The molecule has 0 saturated heterocycles. The van der Waals surface area contributed by atoms with E-state index in [1.54, 1.807) is 13.8 Å². The number of aryl methyl sites for hydroxylation is 1. The number of esters is 1. The van der Waals surface area contributed by atoms with Gasteiger partial charge in [0.15, 0.2) is 0 Å². The third-order valence-electron chi connectivity index (χ3n) is 3.76. The van der Waals surface area contributed by atoms with Gasteiger partial charge in [0.2, 0.25) is 0 Å². The first-order chi connectivity index (χ1) is 12.4. The van der Waals surface area contributed by atoms with Crippen molar-refractivity contribution in [2.75, 3.05) is 0 Å². The highest BCUT2D eigenvalue weighted by Crippen LogP contribution is 2.33. The first kappa shape index (κ1) is 19.8. The van der Waals surface area contributed by atoms with E-state index in [2.05, 4.69) is 0 Å². The Morgan fingerprint density at radius 3 is 2.42 bits per heavy atom. The Kier molecular flexibility index (Phi) is 6.60. The van der Waals surface area contributed by atoms with E-state index in [9.17, 15) is 22.4 Å². The molecule has 0 spiro atoms. The topological polar surface area (TPSA) is 35.5 Å². The van der Waals surface area contributed by atoms with Crippen LogP contribution in [0.1, 0.15) is 43.4 Å². The second-order valence-electron chi connectivity index (χ2n) is 5.47. The molecule has 0 unspecified atom stereocenters. The van der Waals surface area contributed by atoms with Crippen molar-refractivity contribution in [2.45, 2.75) is 39.7 Å². The Bertz CT molecular complexity index is 791. The summed E-state index contributed by atoms with van der Waals surface area (Å²) in [6, 6.07) is 5.73. The maximum Gasteiger partial charge on any atom is 0.310 e. The summed E-state index contributed by atoms with van der Waals surface area (Å²) in [6.07, 6.45) is -2.55. The van der Waals surface area contributed by atoms with E-state index >= 15 is 0 Å². The molecular formula is C19H18F4O3. The Morgan fingerprint density at radius 1 is 1.08 bits per heavy atom. The summed E-state index contributed by atoms with van der Waals surface area (Å²) < 4.78 is 64.7. The Balaban J connectivity index is 2.32. The first-order valence-corrected chi connectivity index (χ1v) is 8.08. The van der Waals surface area contributed by atoms with Crippen molar-refractivity contribution >= 4 is 5.97 Å². The molecule has 26 heavy (non-hydrogen) atoms. The van der Waals surface area contributed by atoms with Crippen LogP contribution < -0.4 is 9.47 Å². The third-order valence-corrected chi connectivity index (χ3v) is 3.76.